The van der Waals surface area contributed by atoms with Gasteiger partial charge in [-0.25, -0.2) is 4.98 Å². The topological polar surface area (TPSA) is 59.2 Å². The molecule has 3 rings (SSSR count). The molecule has 19 heavy (non-hydrogen) atoms. The van der Waals surface area contributed by atoms with Crippen LogP contribution in [0.4, 0.5) is 0 Å². The quantitative estimate of drug-likeness (QED) is 0.911. The molecule has 1 aromatic carbocycles. The Morgan fingerprint density at radius 2 is 2.11 bits per heavy atom. The molecule has 5 nitrogen and oxygen atoms in total. The summed E-state index contributed by atoms with van der Waals surface area (Å²) in [5.41, 5.74) is 4.13. The zero-order valence-corrected chi connectivity index (χ0v) is 12.3. The second-order valence-electron chi connectivity index (χ2n) is 4.41. The number of aromatic nitrogens is 2. The van der Waals surface area contributed by atoms with Gasteiger partial charge in [-0.1, -0.05) is 0 Å². The van der Waals surface area contributed by atoms with Gasteiger partial charge in [0.25, 0.3) is 0 Å². The number of benzene rings is 1. The van der Waals surface area contributed by atoms with Crippen LogP contribution in [0.25, 0.3) is 11.3 Å². The largest absolute Gasteiger partial charge is 0.454 e. The van der Waals surface area contributed by atoms with E-state index in [2.05, 4.69) is 31.2 Å². The average molecular weight is 324 g/mol. The third-order valence-corrected chi connectivity index (χ3v) is 3.45. The van der Waals surface area contributed by atoms with Gasteiger partial charge in [-0.05, 0) is 47.6 Å². The number of nitrogens with zero attached hydrogens (tertiary/aromatic N) is 1. The first-order chi connectivity index (χ1) is 9.19. The van der Waals surface area contributed by atoms with E-state index in [0.29, 0.717) is 0 Å². The number of rotatable bonds is 3. The molecule has 0 aliphatic carbocycles. The van der Waals surface area contributed by atoms with Crippen LogP contribution in [-0.2, 0) is 6.54 Å². The SMILES string of the molecule is CNCc1[nH]c(Br)nc1-c1cc2c(cc1C)OCO2. The van der Waals surface area contributed by atoms with Crippen LogP contribution in [0.5, 0.6) is 11.5 Å². The fourth-order valence-electron chi connectivity index (χ4n) is 2.20. The fraction of sp³-hybridized carbons (Fsp3) is 0.308. The molecule has 2 aromatic rings. The number of aryl methyl sites for hydroxylation is 1. The summed E-state index contributed by atoms with van der Waals surface area (Å²) in [6.07, 6.45) is 0. The normalized spacial score (nSPS) is 13.0. The van der Waals surface area contributed by atoms with Crippen molar-refractivity contribution in [3.05, 3.63) is 28.1 Å². The molecule has 100 valence electrons. The maximum absolute atomic E-state index is 5.43. The highest BCUT2D eigenvalue weighted by molar-refractivity contribution is 9.10. The number of H-pyrrole nitrogens is 1. The van der Waals surface area contributed by atoms with Crippen LogP contribution in [0.15, 0.2) is 16.9 Å². The van der Waals surface area contributed by atoms with Crippen LogP contribution >= 0.6 is 15.9 Å². The molecule has 0 spiro atoms. The second kappa shape index (κ2) is 4.86. The van der Waals surface area contributed by atoms with E-state index in [4.69, 9.17) is 9.47 Å². The molecule has 0 fully saturated rings. The molecule has 1 aliphatic rings. The first kappa shape index (κ1) is 12.5. The van der Waals surface area contributed by atoms with Gasteiger partial charge in [0.2, 0.25) is 6.79 Å². The smallest absolute Gasteiger partial charge is 0.231 e. The summed E-state index contributed by atoms with van der Waals surface area (Å²) >= 11 is 3.39. The molecular weight excluding hydrogens is 310 g/mol. The van der Waals surface area contributed by atoms with Gasteiger partial charge in [-0.15, -0.1) is 0 Å². The van der Waals surface area contributed by atoms with Gasteiger partial charge in [0.05, 0.1) is 11.4 Å². The zero-order valence-electron chi connectivity index (χ0n) is 10.7. The lowest BCUT2D eigenvalue weighted by molar-refractivity contribution is 0.174. The maximum atomic E-state index is 5.43. The summed E-state index contributed by atoms with van der Waals surface area (Å²) < 4.78 is 11.5. The van der Waals surface area contributed by atoms with Gasteiger partial charge in [0.1, 0.15) is 0 Å². The van der Waals surface area contributed by atoms with Gasteiger partial charge < -0.3 is 19.8 Å². The number of nitrogens with one attached hydrogen (secondary N) is 2. The Labute approximate surface area is 119 Å². The molecule has 0 saturated carbocycles. The third kappa shape index (κ3) is 2.21. The molecule has 6 heteroatoms. The molecule has 0 atom stereocenters. The predicted octanol–water partition coefficient (Wildman–Crippen LogP) is 2.60. The van der Waals surface area contributed by atoms with Gasteiger partial charge in [0, 0.05) is 12.1 Å². The van der Waals surface area contributed by atoms with Crippen LogP contribution < -0.4 is 14.8 Å². The Balaban J connectivity index is 2.11. The van der Waals surface area contributed by atoms with Crippen molar-refractivity contribution in [2.75, 3.05) is 13.8 Å². The number of fused-ring (bicyclic) bond motifs is 1. The second-order valence-corrected chi connectivity index (χ2v) is 5.16. The zero-order chi connectivity index (χ0) is 13.4. The van der Waals surface area contributed by atoms with E-state index in [1.165, 1.54) is 0 Å². The van der Waals surface area contributed by atoms with Crippen LogP contribution in [0.1, 0.15) is 11.3 Å². The van der Waals surface area contributed by atoms with Crippen molar-refractivity contribution in [3.63, 3.8) is 0 Å². The Morgan fingerprint density at radius 1 is 1.37 bits per heavy atom. The Kier molecular flexibility index (Phi) is 3.20. The molecule has 0 bridgehead atoms. The summed E-state index contributed by atoms with van der Waals surface area (Å²) in [5.74, 6) is 1.57. The minimum Gasteiger partial charge on any atom is -0.454 e. The van der Waals surface area contributed by atoms with Crippen LogP contribution in [-0.4, -0.2) is 23.8 Å². The Bertz CT molecular complexity index is 625. The van der Waals surface area contributed by atoms with Crippen molar-refractivity contribution in [1.82, 2.24) is 15.3 Å². The van der Waals surface area contributed by atoms with Crippen LogP contribution in [0.2, 0.25) is 0 Å². The average Bonchev–Trinajstić information content (AvgIpc) is 2.95. The van der Waals surface area contributed by atoms with Crippen molar-refractivity contribution >= 4 is 15.9 Å². The molecular formula is C13H14BrN3O2. The summed E-state index contributed by atoms with van der Waals surface area (Å²) in [6, 6.07) is 3.98. The first-order valence-corrected chi connectivity index (χ1v) is 6.78. The highest BCUT2D eigenvalue weighted by atomic mass is 79.9. The number of halogens is 1. The minimum absolute atomic E-state index is 0.284. The van der Waals surface area contributed by atoms with E-state index in [0.717, 1.165) is 45.3 Å². The highest BCUT2D eigenvalue weighted by Crippen LogP contribution is 2.39. The third-order valence-electron chi connectivity index (χ3n) is 3.08. The van der Waals surface area contributed by atoms with Gasteiger partial charge in [-0.3, -0.25) is 0 Å². The molecule has 2 heterocycles. The van der Waals surface area contributed by atoms with Gasteiger partial charge in [0.15, 0.2) is 16.2 Å². The highest BCUT2D eigenvalue weighted by Gasteiger charge is 2.19. The molecule has 1 aromatic heterocycles. The van der Waals surface area contributed by atoms with Crippen molar-refractivity contribution in [3.8, 4) is 22.8 Å². The van der Waals surface area contributed by atoms with E-state index in [9.17, 15) is 0 Å². The predicted molar refractivity (Wildman–Crippen MR) is 75.3 cm³/mol. The van der Waals surface area contributed by atoms with Gasteiger partial charge >= 0.3 is 0 Å². The number of ether oxygens (including phenoxy) is 2. The maximum Gasteiger partial charge on any atom is 0.231 e. The van der Waals surface area contributed by atoms with Crippen molar-refractivity contribution in [1.29, 1.82) is 0 Å². The molecule has 0 unspecified atom stereocenters. The lowest BCUT2D eigenvalue weighted by Gasteiger charge is -2.07. The fourth-order valence-corrected chi connectivity index (χ4v) is 2.62. The lowest BCUT2D eigenvalue weighted by atomic mass is 10.0. The summed E-state index contributed by atoms with van der Waals surface area (Å²) in [6.45, 7) is 3.05. The number of aromatic amines is 1. The molecule has 0 radical (unpaired) electrons. The van der Waals surface area contributed by atoms with Gasteiger partial charge in [-0.2, -0.15) is 0 Å². The molecule has 0 saturated heterocycles. The van der Waals surface area contributed by atoms with E-state index >= 15 is 0 Å². The first-order valence-electron chi connectivity index (χ1n) is 5.98. The summed E-state index contributed by atoms with van der Waals surface area (Å²) in [4.78, 5) is 7.72. The van der Waals surface area contributed by atoms with Crippen molar-refractivity contribution in [2.45, 2.75) is 13.5 Å². The molecule has 0 amide bonds. The lowest BCUT2D eigenvalue weighted by Crippen LogP contribution is -2.06. The van der Waals surface area contributed by atoms with E-state index in [1.54, 1.807) is 0 Å². The molecule has 2 N–H and O–H groups in total. The van der Waals surface area contributed by atoms with E-state index in [-0.39, 0.29) is 6.79 Å². The van der Waals surface area contributed by atoms with Crippen molar-refractivity contribution in [2.24, 2.45) is 0 Å². The van der Waals surface area contributed by atoms with Crippen molar-refractivity contribution < 1.29 is 9.47 Å². The van der Waals surface area contributed by atoms with E-state index < -0.39 is 0 Å². The van der Waals surface area contributed by atoms with Crippen LogP contribution in [0.3, 0.4) is 0 Å². The number of hydrogen-bond acceptors (Lipinski definition) is 4. The molecule has 1 aliphatic heterocycles. The Hall–Kier alpha value is -1.53. The standard InChI is InChI=1S/C13H14BrN3O2/c1-7-3-10-11(19-6-18-10)4-8(7)12-9(5-15-2)16-13(14)17-12/h3-4,15H,5-6H2,1-2H3,(H,16,17). The number of imidazole rings is 1. The monoisotopic (exact) mass is 323 g/mol. The van der Waals surface area contributed by atoms with Crippen LogP contribution in [0, 0.1) is 6.92 Å². The van der Waals surface area contributed by atoms with E-state index in [1.807, 2.05) is 26.1 Å². The summed E-state index contributed by atoms with van der Waals surface area (Å²) in [5, 5.41) is 3.13. The number of hydrogen-bond donors (Lipinski definition) is 2. The summed E-state index contributed by atoms with van der Waals surface area (Å²) in [7, 11) is 1.91. The minimum atomic E-state index is 0.284. The Morgan fingerprint density at radius 3 is 2.84 bits per heavy atom.